The number of amides is 1. The van der Waals surface area contributed by atoms with Crippen LogP contribution in [0.5, 0.6) is 0 Å². The van der Waals surface area contributed by atoms with Crippen LogP contribution in [-0.2, 0) is 0 Å². The van der Waals surface area contributed by atoms with Gasteiger partial charge >= 0.3 is 0 Å². The van der Waals surface area contributed by atoms with Crippen molar-refractivity contribution in [2.45, 2.75) is 51.1 Å². The Morgan fingerprint density at radius 2 is 1.76 bits per heavy atom. The van der Waals surface area contributed by atoms with Gasteiger partial charge in [0.25, 0.3) is 5.91 Å². The molecule has 2 N–H and O–H groups in total. The van der Waals surface area contributed by atoms with Crippen LogP contribution in [0.2, 0.25) is 10.0 Å². The number of halogens is 2. The lowest BCUT2D eigenvalue weighted by atomic mass is 9.90. The highest BCUT2D eigenvalue weighted by Crippen LogP contribution is 2.26. The molecule has 0 aliphatic heterocycles. The molecule has 1 aromatic rings. The number of nitrogens with zero attached hydrogens (tertiary/aromatic N) is 1. The van der Waals surface area contributed by atoms with Gasteiger partial charge in [0, 0.05) is 34.2 Å². The summed E-state index contributed by atoms with van der Waals surface area (Å²) in [4.78, 5) is 14.8. The molecule has 0 bridgehead atoms. The molecule has 0 aromatic heterocycles. The Morgan fingerprint density at radius 1 is 1.19 bits per heavy atom. The zero-order chi connectivity index (χ0) is 15.4. The van der Waals surface area contributed by atoms with Crippen molar-refractivity contribution in [3.05, 3.63) is 33.8 Å². The fraction of sp³-hybridized carbons (Fsp3) is 0.562. The highest BCUT2D eigenvalue weighted by Gasteiger charge is 2.28. The molecular weight excluding hydrogens is 307 g/mol. The van der Waals surface area contributed by atoms with E-state index in [1.807, 2.05) is 4.90 Å². The van der Waals surface area contributed by atoms with Gasteiger partial charge in [-0.05, 0) is 50.3 Å². The van der Waals surface area contributed by atoms with E-state index in [1.54, 1.807) is 18.2 Å². The van der Waals surface area contributed by atoms with Gasteiger partial charge in [-0.25, -0.2) is 0 Å². The Labute approximate surface area is 136 Å². The molecule has 0 unspecified atom stereocenters. The van der Waals surface area contributed by atoms with Crippen molar-refractivity contribution < 1.29 is 4.79 Å². The SMILES string of the molecule is CCCN(C(=O)c1cc(Cl)cc(Cl)c1)C1CCC(N)CC1. The third kappa shape index (κ3) is 4.35. The van der Waals surface area contributed by atoms with E-state index < -0.39 is 0 Å². The monoisotopic (exact) mass is 328 g/mol. The lowest BCUT2D eigenvalue weighted by molar-refractivity contribution is 0.0626. The molecule has 0 heterocycles. The average molecular weight is 329 g/mol. The van der Waals surface area contributed by atoms with Crippen molar-refractivity contribution in [3.8, 4) is 0 Å². The molecular formula is C16H22Cl2N2O. The van der Waals surface area contributed by atoms with Gasteiger partial charge in [0.15, 0.2) is 0 Å². The van der Waals surface area contributed by atoms with Crippen LogP contribution < -0.4 is 5.73 Å². The van der Waals surface area contributed by atoms with E-state index in [4.69, 9.17) is 28.9 Å². The van der Waals surface area contributed by atoms with E-state index in [0.717, 1.165) is 38.6 Å². The van der Waals surface area contributed by atoms with Crippen molar-refractivity contribution in [2.75, 3.05) is 6.54 Å². The summed E-state index contributed by atoms with van der Waals surface area (Å²) in [5.74, 6) is 0.0155. The van der Waals surface area contributed by atoms with Gasteiger partial charge in [0.2, 0.25) is 0 Å². The molecule has 0 atom stereocenters. The van der Waals surface area contributed by atoms with Crippen molar-refractivity contribution >= 4 is 29.1 Å². The second kappa shape index (κ2) is 7.48. The molecule has 1 amide bonds. The van der Waals surface area contributed by atoms with E-state index in [0.29, 0.717) is 15.6 Å². The Morgan fingerprint density at radius 3 is 2.29 bits per heavy atom. The van der Waals surface area contributed by atoms with Gasteiger partial charge in [-0.15, -0.1) is 0 Å². The number of hydrogen-bond acceptors (Lipinski definition) is 2. The fourth-order valence-electron chi connectivity index (χ4n) is 2.95. The van der Waals surface area contributed by atoms with Gasteiger partial charge in [0.05, 0.1) is 0 Å². The van der Waals surface area contributed by atoms with Gasteiger partial charge in [-0.2, -0.15) is 0 Å². The van der Waals surface area contributed by atoms with Crippen LogP contribution in [0.15, 0.2) is 18.2 Å². The maximum absolute atomic E-state index is 12.8. The molecule has 116 valence electrons. The highest BCUT2D eigenvalue weighted by atomic mass is 35.5. The molecule has 1 aliphatic rings. The van der Waals surface area contributed by atoms with Gasteiger partial charge in [-0.1, -0.05) is 30.1 Å². The number of carbonyl (C=O) groups is 1. The first-order chi connectivity index (χ1) is 10.0. The summed E-state index contributed by atoms with van der Waals surface area (Å²) in [6.07, 6.45) is 4.84. The van der Waals surface area contributed by atoms with Crippen molar-refractivity contribution in [1.29, 1.82) is 0 Å². The number of hydrogen-bond donors (Lipinski definition) is 1. The maximum atomic E-state index is 12.8. The zero-order valence-corrected chi connectivity index (χ0v) is 13.8. The van der Waals surface area contributed by atoms with Gasteiger partial charge in [0.1, 0.15) is 0 Å². The van der Waals surface area contributed by atoms with Crippen LogP contribution in [0.25, 0.3) is 0 Å². The van der Waals surface area contributed by atoms with Gasteiger partial charge in [-0.3, -0.25) is 4.79 Å². The lowest BCUT2D eigenvalue weighted by Gasteiger charge is -2.36. The summed E-state index contributed by atoms with van der Waals surface area (Å²) < 4.78 is 0. The third-order valence-electron chi connectivity index (χ3n) is 4.02. The number of rotatable bonds is 4. The van der Waals surface area contributed by atoms with E-state index >= 15 is 0 Å². The van der Waals surface area contributed by atoms with Crippen molar-refractivity contribution in [2.24, 2.45) is 5.73 Å². The van der Waals surface area contributed by atoms with Crippen LogP contribution in [0.4, 0.5) is 0 Å². The smallest absolute Gasteiger partial charge is 0.254 e. The Kier molecular flexibility index (Phi) is 5.91. The lowest BCUT2D eigenvalue weighted by Crippen LogP contribution is -2.44. The van der Waals surface area contributed by atoms with E-state index in [1.165, 1.54) is 0 Å². The number of carbonyl (C=O) groups excluding carboxylic acids is 1. The largest absolute Gasteiger partial charge is 0.336 e. The van der Waals surface area contributed by atoms with Crippen molar-refractivity contribution in [1.82, 2.24) is 4.90 Å². The Balaban J connectivity index is 2.18. The summed E-state index contributed by atoms with van der Waals surface area (Å²) >= 11 is 12.0. The molecule has 0 saturated heterocycles. The first-order valence-electron chi connectivity index (χ1n) is 7.54. The molecule has 0 spiro atoms. The zero-order valence-electron chi connectivity index (χ0n) is 12.3. The fourth-order valence-corrected chi connectivity index (χ4v) is 3.47. The molecule has 5 heteroatoms. The third-order valence-corrected chi connectivity index (χ3v) is 4.45. The predicted molar refractivity (Wildman–Crippen MR) is 88.0 cm³/mol. The van der Waals surface area contributed by atoms with Crippen LogP contribution in [0.1, 0.15) is 49.4 Å². The minimum atomic E-state index is 0.0155. The standard InChI is InChI=1S/C16H22Cl2N2O/c1-2-7-20(15-5-3-14(19)4-6-15)16(21)11-8-12(17)10-13(18)9-11/h8-10,14-15H,2-7,19H2,1H3. The molecule has 1 aromatic carbocycles. The van der Waals surface area contributed by atoms with Crippen LogP contribution in [0.3, 0.4) is 0 Å². The second-order valence-electron chi connectivity index (χ2n) is 5.73. The second-order valence-corrected chi connectivity index (χ2v) is 6.60. The molecule has 3 nitrogen and oxygen atoms in total. The van der Waals surface area contributed by atoms with E-state index in [9.17, 15) is 4.79 Å². The molecule has 1 saturated carbocycles. The van der Waals surface area contributed by atoms with Crippen LogP contribution in [-0.4, -0.2) is 29.4 Å². The molecule has 21 heavy (non-hydrogen) atoms. The van der Waals surface area contributed by atoms with E-state index in [-0.39, 0.29) is 18.0 Å². The van der Waals surface area contributed by atoms with E-state index in [2.05, 4.69) is 6.92 Å². The maximum Gasteiger partial charge on any atom is 0.254 e. The molecule has 1 aliphatic carbocycles. The predicted octanol–water partition coefficient (Wildman–Crippen LogP) is 4.12. The summed E-state index contributed by atoms with van der Waals surface area (Å²) in [6.45, 7) is 2.84. The minimum Gasteiger partial charge on any atom is -0.336 e. The minimum absolute atomic E-state index is 0.0155. The van der Waals surface area contributed by atoms with Crippen LogP contribution >= 0.6 is 23.2 Å². The number of nitrogens with two attached hydrogens (primary N) is 1. The quantitative estimate of drug-likeness (QED) is 0.903. The Bertz CT molecular complexity index is 479. The average Bonchev–Trinajstić information content (AvgIpc) is 2.44. The summed E-state index contributed by atoms with van der Waals surface area (Å²) in [5.41, 5.74) is 6.53. The normalized spacial score (nSPS) is 22.1. The Hall–Kier alpha value is -0.770. The van der Waals surface area contributed by atoms with Crippen LogP contribution in [0, 0.1) is 0 Å². The first-order valence-corrected chi connectivity index (χ1v) is 8.29. The van der Waals surface area contributed by atoms with Crippen molar-refractivity contribution in [3.63, 3.8) is 0 Å². The molecule has 2 rings (SSSR count). The number of benzene rings is 1. The summed E-state index contributed by atoms with van der Waals surface area (Å²) in [7, 11) is 0. The summed E-state index contributed by atoms with van der Waals surface area (Å²) in [5, 5.41) is 0.987. The first kappa shape index (κ1) is 16.6. The highest BCUT2D eigenvalue weighted by molar-refractivity contribution is 6.35. The van der Waals surface area contributed by atoms with Gasteiger partial charge < -0.3 is 10.6 Å². The summed E-state index contributed by atoms with van der Waals surface area (Å²) in [6, 6.07) is 5.57. The molecule has 0 radical (unpaired) electrons. The molecule has 1 fully saturated rings. The topological polar surface area (TPSA) is 46.3 Å².